The van der Waals surface area contributed by atoms with Crippen LogP contribution in [0.25, 0.3) is 0 Å². The molecule has 1 heterocycles. The van der Waals surface area contributed by atoms with Crippen LogP contribution in [0.15, 0.2) is 35.3 Å². The summed E-state index contributed by atoms with van der Waals surface area (Å²) in [6, 6.07) is 10.1. The summed E-state index contributed by atoms with van der Waals surface area (Å²) in [6.07, 6.45) is 7.88. The number of piperidine rings is 1. The number of nitrogens with one attached hydrogen (secondary N) is 2. The minimum Gasteiger partial charge on any atom is -0.396 e. The number of likely N-dealkylation sites (tertiary alicyclic amines) is 1. The van der Waals surface area contributed by atoms with Crippen LogP contribution in [-0.2, 0) is 0 Å². The molecule has 0 spiro atoms. The van der Waals surface area contributed by atoms with Crippen molar-refractivity contribution in [2.45, 2.75) is 51.4 Å². The van der Waals surface area contributed by atoms with Gasteiger partial charge in [-0.05, 0) is 57.8 Å². The summed E-state index contributed by atoms with van der Waals surface area (Å²) in [6.45, 7) is 8.41. The number of guanidine groups is 1. The molecule has 3 N–H and O–H groups in total. The Morgan fingerprint density at radius 2 is 1.85 bits per heavy atom. The zero-order valence-electron chi connectivity index (χ0n) is 17.0. The van der Waals surface area contributed by atoms with Crippen molar-refractivity contribution >= 4 is 5.96 Å². The van der Waals surface area contributed by atoms with E-state index < -0.39 is 0 Å². The number of aliphatic hydroxyl groups excluding tert-OH is 1. The van der Waals surface area contributed by atoms with Gasteiger partial charge in [0.1, 0.15) is 0 Å². The smallest absolute Gasteiger partial charge is 0.191 e. The quantitative estimate of drug-likeness (QED) is 0.317. The Bertz CT molecular complexity index is 514. The highest BCUT2D eigenvalue weighted by atomic mass is 16.3. The molecule has 2 rings (SSSR count). The Kier molecular flexibility index (Phi) is 10.9. The highest BCUT2D eigenvalue weighted by molar-refractivity contribution is 5.79. The number of hydrogen-bond acceptors (Lipinski definition) is 3. The van der Waals surface area contributed by atoms with Gasteiger partial charge in [-0.15, -0.1) is 0 Å². The van der Waals surface area contributed by atoms with Crippen molar-refractivity contribution < 1.29 is 5.11 Å². The van der Waals surface area contributed by atoms with Gasteiger partial charge in [-0.2, -0.15) is 0 Å². The predicted molar refractivity (Wildman–Crippen MR) is 114 cm³/mol. The second-order valence-electron chi connectivity index (χ2n) is 7.40. The van der Waals surface area contributed by atoms with Gasteiger partial charge in [0.15, 0.2) is 5.96 Å². The average Bonchev–Trinajstić information content (AvgIpc) is 2.72. The number of aliphatic hydroxyl groups is 1. The van der Waals surface area contributed by atoms with Gasteiger partial charge in [-0.1, -0.05) is 43.2 Å². The van der Waals surface area contributed by atoms with Crippen molar-refractivity contribution in [2.75, 3.05) is 45.9 Å². The molecule has 0 saturated carbocycles. The Balaban J connectivity index is 1.66. The minimum atomic E-state index is 0.0474. The predicted octanol–water partition coefficient (Wildman–Crippen LogP) is 2.97. The summed E-state index contributed by atoms with van der Waals surface area (Å²) in [5.41, 5.74) is 1.14. The number of benzene rings is 1. The van der Waals surface area contributed by atoms with E-state index in [0.29, 0.717) is 6.54 Å². The lowest BCUT2D eigenvalue weighted by molar-refractivity contribution is 0.224. The SMILES string of the molecule is CCNC(=NCC(CO)c1ccccc1)NCCCCCN1CCCCC1. The fourth-order valence-corrected chi connectivity index (χ4v) is 3.56. The fraction of sp³-hybridized carbons (Fsp3) is 0.682. The summed E-state index contributed by atoms with van der Waals surface area (Å²) < 4.78 is 0. The molecule has 0 radical (unpaired) electrons. The van der Waals surface area contributed by atoms with Gasteiger partial charge in [-0.25, -0.2) is 0 Å². The van der Waals surface area contributed by atoms with Gasteiger partial charge in [0.2, 0.25) is 0 Å². The lowest BCUT2D eigenvalue weighted by atomic mass is 10.0. The molecule has 1 aromatic rings. The topological polar surface area (TPSA) is 59.9 Å². The van der Waals surface area contributed by atoms with E-state index >= 15 is 0 Å². The normalized spacial score (nSPS) is 16.9. The molecule has 1 aliphatic rings. The van der Waals surface area contributed by atoms with Crippen LogP contribution in [0.3, 0.4) is 0 Å². The molecular weight excluding hydrogens is 336 g/mol. The van der Waals surface area contributed by atoms with Crippen molar-refractivity contribution in [3.63, 3.8) is 0 Å². The molecular formula is C22H38N4O. The average molecular weight is 375 g/mol. The van der Waals surface area contributed by atoms with Crippen molar-refractivity contribution in [2.24, 2.45) is 4.99 Å². The lowest BCUT2D eigenvalue weighted by Crippen LogP contribution is -2.38. The van der Waals surface area contributed by atoms with Crippen molar-refractivity contribution in [1.82, 2.24) is 15.5 Å². The first kappa shape index (κ1) is 21.7. The highest BCUT2D eigenvalue weighted by Gasteiger charge is 2.10. The molecule has 1 saturated heterocycles. The number of hydrogen-bond donors (Lipinski definition) is 3. The number of rotatable bonds is 11. The second kappa shape index (κ2) is 13.6. The van der Waals surface area contributed by atoms with Gasteiger partial charge >= 0.3 is 0 Å². The molecule has 27 heavy (non-hydrogen) atoms. The Hall–Kier alpha value is -1.59. The van der Waals surface area contributed by atoms with Gasteiger partial charge < -0.3 is 20.6 Å². The molecule has 1 aliphatic heterocycles. The van der Waals surface area contributed by atoms with E-state index in [0.717, 1.165) is 24.6 Å². The summed E-state index contributed by atoms with van der Waals surface area (Å²) in [5.74, 6) is 0.897. The third-order valence-electron chi connectivity index (χ3n) is 5.20. The molecule has 0 amide bonds. The Morgan fingerprint density at radius 1 is 1.07 bits per heavy atom. The van der Waals surface area contributed by atoms with E-state index in [1.807, 2.05) is 18.2 Å². The van der Waals surface area contributed by atoms with Crippen LogP contribution in [0.2, 0.25) is 0 Å². The summed E-state index contributed by atoms with van der Waals surface area (Å²) in [7, 11) is 0. The summed E-state index contributed by atoms with van der Waals surface area (Å²) in [5, 5.41) is 16.4. The first-order valence-corrected chi connectivity index (χ1v) is 10.7. The van der Waals surface area contributed by atoms with Crippen LogP contribution in [0.5, 0.6) is 0 Å². The maximum absolute atomic E-state index is 9.69. The van der Waals surface area contributed by atoms with Crippen LogP contribution in [0.4, 0.5) is 0 Å². The molecule has 1 fully saturated rings. The molecule has 1 atom stereocenters. The lowest BCUT2D eigenvalue weighted by Gasteiger charge is -2.26. The third kappa shape index (κ3) is 8.76. The van der Waals surface area contributed by atoms with E-state index in [1.165, 1.54) is 58.2 Å². The first-order chi connectivity index (χ1) is 13.3. The van der Waals surface area contributed by atoms with Crippen LogP contribution in [0.1, 0.15) is 56.9 Å². The molecule has 1 unspecified atom stereocenters. The molecule has 0 aromatic heterocycles. The number of nitrogens with zero attached hydrogens (tertiary/aromatic N) is 2. The monoisotopic (exact) mass is 374 g/mol. The van der Waals surface area contributed by atoms with Crippen molar-refractivity contribution in [3.05, 3.63) is 35.9 Å². The zero-order valence-corrected chi connectivity index (χ0v) is 17.0. The molecule has 0 aliphatic carbocycles. The summed E-state index contributed by atoms with van der Waals surface area (Å²) >= 11 is 0. The maximum Gasteiger partial charge on any atom is 0.191 e. The van der Waals surface area contributed by atoms with E-state index in [9.17, 15) is 5.11 Å². The zero-order chi connectivity index (χ0) is 19.2. The van der Waals surface area contributed by atoms with E-state index in [-0.39, 0.29) is 12.5 Å². The van der Waals surface area contributed by atoms with Crippen LogP contribution in [0, 0.1) is 0 Å². The molecule has 5 nitrogen and oxygen atoms in total. The van der Waals surface area contributed by atoms with Crippen LogP contribution >= 0.6 is 0 Å². The van der Waals surface area contributed by atoms with E-state index in [2.05, 4.69) is 39.6 Å². The van der Waals surface area contributed by atoms with Gasteiger partial charge in [0.05, 0.1) is 13.2 Å². The Morgan fingerprint density at radius 3 is 2.56 bits per heavy atom. The van der Waals surface area contributed by atoms with E-state index in [4.69, 9.17) is 0 Å². The molecule has 5 heteroatoms. The van der Waals surface area contributed by atoms with Gasteiger partial charge in [0, 0.05) is 19.0 Å². The van der Waals surface area contributed by atoms with Crippen molar-refractivity contribution in [3.8, 4) is 0 Å². The fourth-order valence-electron chi connectivity index (χ4n) is 3.56. The molecule has 0 bridgehead atoms. The van der Waals surface area contributed by atoms with E-state index in [1.54, 1.807) is 0 Å². The largest absolute Gasteiger partial charge is 0.396 e. The van der Waals surface area contributed by atoms with Gasteiger partial charge in [-0.3, -0.25) is 4.99 Å². The van der Waals surface area contributed by atoms with Crippen molar-refractivity contribution in [1.29, 1.82) is 0 Å². The number of unbranched alkanes of at least 4 members (excludes halogenated alkanes) is 2. The first-order valence-electron chi connectivity index (χ1n) is 10.7. The molecule has 152 valence electrons. The summed E-state index contributed by atoms with van der Waals surface area (Å²) in [4.78, 5) is 7.29. The van der Waals surface area contributed by atoms with Crippen LogP contribution in [-0.4, -0.2) is 61.8 Å². The Labute approximate surface area is 165 Å². The third-order valence-corrected chi connectivity index (χ3v) is 5.20. The maximum atomic E-state index is 9.69. The minimum absolute atomic E-state index is 0.0474. The van der Waals surface area contributed by atoms with Crippen LogP contribution < -0.4 is 10.6 Å². The van der Waals surface area contributed by atoms with Gasteiger partial charge in [0.25, 0.3) is 0 Å². The standard InChI is InChI=1S/C22H38N4O/c1-2-23-22(25-18-21(19-27)20-12-6-3-7-13-20)24-14-8-4-9-15-26-16-10-5-11-17-26/h3,6-7,12-13,21,27H,2,4-5,8-11,14-19H2,1H3,(H2,23,24,25). The number of aliphatic imine (C=N–C) groups is 1. The highest BCUT2D eigenvalue weighted by Crippen LogP contribution is 2.15. The molecule has 1 aromatic carbocycles. The second-order valence-corrected chi connectivity index (χ2v) is 7.40.